The molecule has 3 aliphatic rings. The molecule has 0 unspecified atom stereocenters. The molecule has 14 atom stereocenters. The molecule has 0 amide bonds. The Balaban J connectivity index is 0.000000330. The van der Waals surface area contributed by atoms with E-state index in [4.69, 9.17) is 45.6 Å². The van der Waals surface area contributed by atoms with Crippen LogP contribution in [0.4, 0.5) is 4.39 Å². The molecule has 14 heteroatoms. The minimum absolute atomic E-state index is 0.0802. The molecule has 0 aliphatic heterocycles. The van der Waals surface area contributed by atoms with Crippen LogP contribution in [0.5, 0.6) is 0 Å². The molecule has 0 aromatic heterocycles. The van der Waals surface area contributed by atoms with Gasteiger partial charge in [-0.1, -0.05) is 27.7 Å². The molecule has 10 N–H and O–H groups in total. The van der Waals surface area contributed by atoms with Crippen molar-refractivity contribution in [3.05, 3.63) is 0 Å². The lowest BCUT2D eigenvalue weighted by molar-refractivity contribution is -0.179. The van der Waals surface area contributed by atoms with Gasteiger partial charge < -0.3 is 66.0 Å². The van der Waals surface area contributed by atoms with E-state index in [9.17, 15) is 24.8 Å². The highest BCUT2D eigenvalue weighted by Crippen LogP contribution is 2.40. The SMILES string of the molecule is CO[C@H]1[C@H](OC)[C@@H](N)CC(C)(C)[C@@H]1O.CO[C@H]1[C@H](OC)[C@@H](N)C[C@](C)(CF)[C@@H]1O.CO[C@H]1[C@H](OC)[C@@H](N)C[C@](C)(CO)[C@@H]1O. The summed E-state index contributed by atoms with van der Waals surface area (Å²) in [5.41, 5.74) is 16.1. The van der Waals surface area contributed by atoms with Crippen molar-refractivity contribution >= 4 is 0 Å². The summed E-state index contributed by atoms with van der Waals surface area (Å²) in [5, 5.41) is 39.4. The van der Waals surface area contributed by atoms with Gasteiger partial charge in [0, 0.05) is 71.6 Å². The zero-order valence-corrected chi connectivity index (χ0v) is 28.3. The summed E-state index contributed by atoms with van der Waals surface area (Å²) in [4.78, 5) is 0. The van der Waals surface area contributed by atoms with Crippen molar-refractivity contribution in [1.82, 2.24) is 0 Å². The van der Waals surface area contributed by atoms with E-state index < -0.39 is 48.0 Å². The first-order valence-electron chi connectivity index (χ1n) is 15.1. The van der Waals surface area contributed by atoms with Crippen LogP contribution < -0.4 is 17.2 Å². The summed E-state index contributed by atoms with van der Waals surface area (Å²) in [6.07, 6.45) is -2.86. The predicted octanol–water partition coefficient (Wildman–Crippen LogP) is -0.674. The van der Waals surface area contributed by atoms with Gasteiger partial charge in [0.1, 0.15) is 36.6 Å². The van der Waals surface area contributed by atoms with Crippen molar-refractivity contribution in [2.75, 3.05) is 55.9 Å². The van der Waals surface area contributed by atoms with Crippen LogP contribution in [0, 0.1) is 16.2 Å². The number of rotatable bonds is 8. The van der Waals surface area contributed by atoms with Gasteiger partial charge in [-0.3, -0.25) is 4.39 Å². The number of methoxy groups -OCH3 is 6. The molecule has 3 rings (SSSR count). The molecule has 44 heavy (non-hydrogen) atoms. The second-order valence-corrected chi connectivity index (χ2v) is 13.7. The monoisotopic (exact) mass is 643 g/mol. The topological polar surface area (TPSA) is 214 Å². The van der Waals surface area contributed by atoms with Gasteiger partial charge in [-0.15, -0.1) is 0 Å². The smallest absolute Gasteiger partial charge is 0.111 e. The normalized spacial score (nSPS) is 45.4. The fourth-order valence-corrected chi connectivity index (χ4v) is 6.91. The van der Waals surface area contributed by atoms with Gasteiger partial charge in [-0.05, 0) is 24.7 Å². The van der Waals surface area contributed by atoms with Crippen molar-refractivity contribution in [3.63, 3.8) is 0 Å². The highest BCUT2D eigenvalue weighted by atomic mass is 19.1. The first-order valence-corrected chi connectivity index (χ1v) is 15.1. The fourth-order valence-electron chi connectivity index (χ4n) is 6.91. The molecule has 3 aliphatic carbocycles. The van der Waals surface area contributed by atoms with E-state index in [1.165, 1.54) is 21.3 Å². The molecule has 264 valence electrons. The lowest BCUT2D eigenvalue weighted by atomic mass is 9.69. The Kier molecular flexibility index (Phi) is 16.5. The standard InChI is InChI=1S/C10H20FNO3.C10H21NO4.C10H21NO3/c1-10(5-11)4-6(12)7(14-2)8(15-3)9(10)13;1-10(5-12)4-6(11)7(14-2)8(15-3)9(10)13;1-10(2)5-6(11)7(13-3)8(14-4)9(10)12/h6-9,13H,4-5,12H2,1-3H3;6-9,12-13H,4-5,11H2,1-3H3;6-9,12H,5,11H2,1-4H3/t2*6-,7+,8-,9+,10+;6-,7+,8-,9+/m000/s1. The van der Waals surface area contributed by atoms with Crippen LogP contribution in [0.2, 0.25) is 0 Å². The molecule has 0 aromatic rings. The summed E-state index contributed by atoms with van der Waals surface area (Å²) in [6, 6.07) is -0.632. The molecule has 0 saturated heterocycles. The molecular weight excluding hydrogens is 581 g/mol. The number of aliphatic hydroxyl groups is 4. The van der Waals surface area contributed by atoms with Crippen LogP contribution in [0.25, 0.3) is 0 Å². The zero-order valence-electron chi connectivity index (χ0n) is 28.3. The Labute approximate surface area is 262 Å². The summed E-state index contributed by atoms with van der Waals surface area (Å²) >= 11 is 0. The summed E-state index contributed by atoms with van der Waals surface area (Å²) < 4.78 is 44.2. The largest absolute Gasteiger partial charge is 0.396 e. The van der Waals surface area contributed by atoms with E-state index in [-0.39, 0.29) is 54.6 Å². The zero-order chi connectivity index (χ0) is 34.2. The van der Waals surface area contributed by atoms with Gasteiger partial charge in [-0.2, -0.15) is 0 Å². The van der Waals surface area contributed by atoms with Crippen LogP contribution in [0.3, 0.4) is 0 Å². The Morgan fingerprint density at radius 1 is 0.545 bits per heavy atom. The number of aliphatic hydroxyl groups excluding tert-OH is 4. The second-order valence-electron chi connectivity index (χ2n) is 13.7. The fraction of sp³-hybridized carbons (Fsp3) is 1.00. The van der Waals surface area contributed by atoms with Crippen LogP contribution in [0.1, 0.15) is 47.0 Å². The molecule has 0 bridgehead atoms. The number of ether oxygens (including phenoxy) is 6. The van der Waals surface area contributed by atoms with E-state index in [0.29, 0.717) is 12.8 Å². The van der Waals surface area contributed by atoms with Gasteiger partial charge in [-0.25, -0.2) is 0 Å². The Hall–Kier alpha value is -0.590. The lowest BCUT2D eigenvalue weighted by Gasteiger charge is -2.47. The van der Waals surface area contributed by atoms with Crippen molar-refractivity contribution in [1.29, 1.82) is 0 Å². The number of alkyl halides is 1. The maximum Gasteiger partial charge on any atom is 0.111 e. The van der Waals surface area contributed by atoms with Gasteiger partial charge >= 0.3 is 0 Å². The molecule has 3 saturated carbocycles. The van der Waals surface area contributed by atoms with Crippen LogP contribution >= 0.6 is 0 Å². The molecule has 13 nitrogen and oxygen atoms in total. The highest BCUT2D eigenvalue weighted by Gasteiger charge is 2.51. The minimum Gasteiger partial charge on any atom is -0.396 e. The molecule has 3 fully saturated rings. The first kappa shape index (κ1) is 41.4. The predicted molar refractivity (Wildman–Crippen MR) is 164 cm³/mol. The van der Waals surface area contributed by atoms with E-state index >= 15 is 0 Å². The number of nitrogens with two attached hydrogens (primary N) is 3. The quantitative estimate of drug-likeness (QED) is 0.175. The highest BCUT2D eigenvalue weighted by molar-refractivity contribution is 5.03. The molecular formula is C30H62FN3O10. The first-order chi connectivity index (χ1) is 20.4. The van der Waals surface area contributed by atoms with E-state index in [2.05, 4.69) is 0 Å². The van der Waals surface area contributed by atoms with Crippen molar-refractivity contribution in [3.8, 4) is 0 Å². The Morgan fingerprint density at radius 2 is 0.841 bits per heavy atom. The number of halogens is 1. The molecule has 0 radical (unpaired) electrons. The minimum atomic E-state index is -0.891. The third kappa shape index (κ3) is 9.06. The summed E-state index contributed by atoms with van der Waals surface area (Å²) in [5.74, 6) is 0. The molecule has 0 heterocycles. The van der Waals surface area contributed by atoms with Crippen LogP contribution in [-0.2, 0) is 28.4 Å². The Bertz CT molecular complexity index is 788. The third-order valence-electron chi connectivity index (χ3n) is 9.86. The molecule has 0 spiro atoms. The molecule has 0 aromatic carbocycles. The summed E-state index contributed by atoms with van der Waals surface area (Å²) in [6.45, 7) is 6.74. The Morgan fingerprint density at radius 3 is 1.16 bits per heavy atom. The van der Waals surface area contributed by atoms with Gasteiger partial charge in [0.15, 0.2) is 0 Å². The number of hydrogen-bond donors (Lipinski definition) is 7. The van der Waals surface area contributed by atoms with Gasteiger partial charge in [0.2, 0.25) is 0 Å². The average molecular weight is 644 g/mol. The summed E-state index contributed by atoms with van der Waals surface area (Å²) in [7, 11) is 9.22. The maximum absolute atomic E-state index is 12.9. The van der Waals surface area contributed by atoms with Crippen molar-refractivity contribution < 1.29 is 53.2 Å². The van der Waals surface area contributed by atoms with Gasteiger partial charge in [0.05, 0.1) is 31.6 Å². The van der Waals surface area contributed by atoms with E-state index in [0.717, 1.165) is 6.42 Å². The van der Waals surface area contributed by atoms with Crippen LogP contribution in [0.15, 0.2) is 0 Å². The second kappa shape index (κ2) is 17.5. The lowest BCUT2D eigenvalue weighted by Crippen LogP contribution is -2.62. The van der Waals surface area contributed by atoms with E-state index in [1.807, 2.05) is 13.8 Å². The van der Waals surface area contributed by atoms with Crippen LogP contribution in [-0.4, -0.2) is 149 Å². The average Bonchev–Trinajstić information content (AvgIpc) is 2.98. The van der Waals surface area contributed by atoms with Gasteiger partial charge in [0.25, 0.3) is 0 Å². The number of hydrogen-bond acceptors (Lipinski definition) is 13. The van der Waals surface area contributed by atoms with Crippen molar-refractivity contribution in [2.24, 2.45) is 33.4 Å². The van der Waals surface area contributed by atoms with E-state index in [1.54, 1.807) is 35.2 Å². The maximum atomic E-state index is 12.9. The van der Waals surface area contributed by atoms with Crippen molar-refractivity contribution in [2.45, 2.75) is 120 Å². The third-order valence-corrected chi connectivity index (χ3v) is 9.86.